The summed E-state index contributed by atoms with van der Waals surface area (Å²) in [7, 11) is 1.90. The lowest BCUT2D eigenvalue weighted by atomic mass is 9.98. The molecule has 136 valence electrons. The molecule has 1 N–H and O–H groups in total. The zero-order valence-corrected chi connectivity index (χ0v) is 16.8. The summed E-state index contributed by atoms with van der Waals surface area (Å²) in [6, 6.07) is 6.64. The Morgan fingerprint density at radius 3 is 2.85 bits per heavy atom. The van der Waals surface area contributed by atoms with Crippen molar-refractivity contribution < 1.29 is 4.79 Å². The molecular weight excluding hydrogens is 364 g/mol. The van der Waals surface area contributed by atoms with Crippen LogP contribution in [-0.4, -0.2) is 33.7 Å². The molecular formula is C19H22N4OS2. The first-order valence-corrected chi connectivity index (χ1v) is 10.4. The van der Waals surface area contributed by atoms with Crippen molar-refractivity contribution in [3.8, 4) is 0 Å². The van der Waals surface area contributed by atoms with Gasteiger partial charge in [-0.3, -0.25) is 14.4 Å². The fourth-order valence-corrected chi connectivity index (χ4v) is 5.42. The molecule has 26 heavy (non-hydrogen) atoms. The lowest BCUT2D eigenvalue weighted by Crippen LogP contribution is -2.40. The van der Waals surface area contributed by atoms with Crippen LogP contribution in [0.5, 0.6) is 0 Å². The predicted molar refractivity (Wildman–Crippen MR) is 107 cm³/mol. The van der Waals surface area contributed by atoms with Gasteiger partial charge in [0.05, 0.1) is 29.7 Å². The van der Waals surface area contributed by atoms with E-state index in [1.54, 1.807) is 16.0 Å². The van der Waals surface area contributed by atoms with E-state index in [-0.39, 0.29) is 11.9 Å². The van der Waals surface area contributed by atoms with E-state index >= 15 is 0 Å². The number of hydrogen-bond acceptors (Lipinski definition) is 5. The molecule has 0 saturated heterocycles. The molecule has 4 rings (SSSR count). The summed E-state index contributed by atoms with van der Waals surface area (Å²) in [4.78, 5) is 17.8. The topological polar surface area (TPSA) is 50.2 Å². The first-order valence-electron chi connectivity index (χ1n) is 8.68. The highest BCUT2D eigenvalue weighted by molar-refractivity contribution is 7.10. The second-order valence-corrected chi connectivity index (χ2v) is 8.64. The Labute approximate surface area is 161 Å². The summed E-state index contributed by atoms with van der Waals surface area (Å²) in [6.07, 6.45) is 1.01. The second kappa shape index (κ2) is 6.98. The second-order valence-electron chi connectivity index (χ2n) is 6.66. The molecule has 1 unspecified atom stereocenters. The number of fused-ring (bicyclic) bond motifs is 1. The van der Waals surface area contributed by atoms with E-state index < -0.39 is 0 Å². The maximum Gasteiger partial charge on any atom is 0.238 e. The normalized spacial score (nSPS) is 17.3. The van der Waals surface area contributed by atoms with Gasteiger partial charge in [0.25, 0.3) is 0 Å². The number of anilines is 1. The number of nitrogens with one attached hydrogen (secondary N) is 1. The molecule has 3 aromatic rings. The van der Waals surface area contributed by atoms with Gasteiger partial charge in [-0.1, -0.05) is 6.07 Å². The molecule has 0 aliphatic carbocycles. The average molecular weight is 387 g/mol. The molecule has 7 heteroatoms. The highest BCUT2D eigenvalue weighted by Crippen LogP contribution is 2.39. The monoisotopic (exact) mass is 386 g/mol. The van der Waals surface area contributed by atoms with Crippen molar-refractivity contribution in [2.24, 2.45) is 7.05 Å². The minimum atomic E-state index is 0.0180. The maximum atomic E-state index is 12.8. The first-order chi connectivity index (χ1) is 12.5. The number of amides is 1. The van der Waals surface area contributed by atoms with Crippen molar-refractivity contribution in [1.29, 1.82) is 0 Å². The summed E-state index contributed by atoms with van der Waals surface area (Å²) in [6.45, 7) is 5.18. The lowest BCUT2D eigenvalue weighted by molar-refractivity contribution is -0.117. The largest absolute Gasteiger partial charge is 0.322 e. The van der Waals surface area contributed by atoms with Crippen LogP contribution in [0, 0.1) is 13.8 Å². The van der Waals surface area contributed by atoms with Crippen LogP contribution in [0.15, 0.2) is 29.0 Å². The lowest BCUT2D eigenvalue weighted by Gasteiger charge is -2.34. The van der Waals surface area contributed by atoms with Gasteiger partial charge in [0, 0.05) is 23.3 Å². The average Bonchev–Trinajstić information content (AvgIpc) is 3.33. The minimum absolute atomic E-state index is 0.0180. The van der Waals surface area contributed by atoms with Crippen LogP contribution >= 0.6 is 22.7 Å². The Morgan fingerprint density at radius 2 is 2.15 bits per heavy atom. The van der Waals surface area contributed by atoms with E-state index in [0.29, 0.717) is 6.54 Å². The SMILES string of the molecule is Cc1nn(C)c(C)c1NC(=O)CN1CCc2sccc2C1c1cccs1. The summed E-state index contributed by atoms with van der Waals surface area (Å²) in [5.41, 5.74) is 4.01. The summed E-state index contributed by atoms with van der Waals surface area (Å²) in [5.74, 6) is 0.0180. The van der Waals surface area contributed by atoms with E-state index in [2.05, 4.69) is 44.3 Å². The molecule has 0 radical (unpaired) electrons. The van der Waals surface area contributed by atoms with Crippen molar-refractivity contribution in [3.63, 3.8) is 0 Å². The van der Waals surface area contributed by atoms with Crippen LogP contribution in [0.25, 0.3) is 0 Å². The van der Waals surface area contributed by atoms with Crippen molar-refractivity contribution in [1.82, 2.24) is 14.7 Å². The van der Waals surface area contributed by atoms with Crippen molar-refractivity contribution in [3.05, 3.63) is 55.7 Å². The van der Waals surface area contributed by atoms with Crippen molar-refractivity contribution >= 4 is 34.3 Å². The van der Waals surface area contributed by atoms with Gasteiger partial charge < -0.3 is 5.32 Å². The van der Waals surface area contributed by atoms with Gasteiger partial charge in [0.15, 0.2) is 0 Å². The number of carbonyl (C=O) groups excluding carboxylic acids is 1. The smallest absolute Gasteiger partial charge is 0.238 e. The molecule has 1 amide bonds. The molecule has 0 aromatic carbocycles. The van der Waals surface area contributed by atoms with Gasteiger partial charge >= 0.3 is 0 Å². The predicted octanol–water partition coefficient (Wildman–Crippen LogP) is 3.75. The van der Waals surface area contributed by atoms with Crippen LogP contribution < -0.4 is 5.32 Å². The number of nitrogens with zero attached hydrogens (tertiary/aromatic N) is 3. The molecule has 0 spiro atoms. The molecule has 1 aliphatic heterocycles. The Hall–Kier alpha value is -1.96. The summed E-state index contributed by atoms with van der Waals surface area (Å²) >= 11 is 3.58. The van der Waals surface area contributed by atoms with Crippen LogP contribution in [0.2, 0.25) is 0 Å². The Kier molecular flexibility index (Phi) is 4.69. The van der Waals surface area contributed by atoms with Gasteiger partial charge in [-0.2, -0.15) is 5.10 Å². The minimum Gasteiger partial charge on any atom is -0.322 e. The molecule has 3 aromatic heterocycles. The zero-order chi connectivity index (χ0) is 18.3. The van der Waals surface area contributed by atoms with Crippen LogP contribution in [-0.2, 0) is 18.3 Å². The van der Waals surface area contributed by atoms with Crippen molar-refractivity contribution in [2.75, 3.05) is 18.4 Å². The highest BCUT2D eigenvalue weighted by Gasteiger charge is 2.31. The number of rotatable bonds is 4. The van der Waals surface area contributed by atoms with E-state index in [4.69, 9.17) is 0 Å². The van der Waals surface area contributed by atoms with E-state index in [9.17, 15) is 4.79 Å². The van der Waals surface area contributed by atoms with Crippen LogP contribution in [0.3, 0.4) is 0 Å². The van der Waals surface area contributed by atoms with Crippen LogP contribution in [0.1, 0.15) is 32.7 Å². The standard InChI is InChI=1S/C19H22N4OS2/c1-12-18(13(2)22(3)21-12)20-17(24)11-23-8-6-15-14(7-10-26-15)19(23)16-5-4-9-25-16/h4-5,7,9-10,19H,6,8,11H2,1-3H3,(H,20,24). The van der Waals surface area contributed by atoms with Gasteiger partial charge in [-0.15, -0.1) is 22.7 Å². The molecule has 5 nitrogen and oxygen atoms in total. The van der Waals surface area contributed by atoms with Gasteiger partial charge in [-0.25, -0.2) is 0 Å². The number of thiophene rings is 2. The molecule has 0 fully saturated rings. The fraction of sp³-hybridized carbons (Fsp3) is 0.368. The summed E-state index contributed by atoms with van der Waals surface area (Å²) < 4.78 is 1.80. The molecule has 0 bridgehead atoms. The third kappa shape index (κ3) is 3.11. The van der Waals surface area contributed by atoms with Gasteiger partial charge in [0.1, 0.15) is 0 Å². The molecule has 4 heterocycles. The first kappa shape index (κ1) is 17.5. The Morgan fingerprint density at radius 1 is 1.31 bits per heavy atom. The van der Waals surface area contributed by atoms with E-state index in [0.717, 1.165) is 30.0 Å². The quantitative estimate of drug-likeness (QED) is 0.743. The zero-order valence-electron chi connectivity index (χ0n) is 15.2. The number of aryl methyl sites for hydroxylation is 2. The fourth-order valence-electron chi connectivity index (χ4n) is 3.64. The number of carbonyl (C=O) groups is 1. The van der Waals surface area contributed by atoms with E-state index in [1.165, 1.54) is 15.3 Å². The van der Waals surface area contributed by atoms with E-state index in [1.807, 2.05) is 32.2 Å². The Bertz CT molecular complexity index is 926. The number of hydrogen-bond donors (Lipinski definition) is 1. The maximum absolute atomic E-state index is 12.8. The molecule has 1 atom stereocenters. The number of aromatic nitrogens is 2. The summed E-state index contributed by atoms with van der Waals surface area (Å²) in [5, 5.41) is 11.7. The van der Waals surface area contributed by atoms with Gasteiger partial charge in [0.2, 0.25) is 5.91 Å². The molecule has 1 aliphatic rings. The highest BCUT2D eigenvalue weighted by atomic mass is 32.1. The Balaban J connectivity index is 1.56. The third-order valence-electron chi connectivity index (χ3n) is 5.00. The molecule has 0 saturated carbocycles. The van der Waals surface area contributed by atoms with Crippen LogP contribution in [0.4, 0.5) is 5.69 Å². The van der Waals surface area contributed by atoms with Gasteiger partial charge in [-0.05, 0) is 48.7 Å². The third-order valence-corrected chi connectivity index (χ3v) is 6.92. The van der Waals surface area contributed by atoms with Crippen molar-refractivity contribution in [2.45, 2.75) is 26.3 Å².